The van der Waals surface area contributed by atoms with Gasteiger partial charge in [-0.05, 0) is 25.5 Å². The second-order valence-corrected chi connectivity index (χ2v) is 5.56. The van der Waals surface area contributed by atoms with Gasteiger partial charge in [-0.25, -0.2) is 15.0 Å². The zero-order valence-electron chi connectivity index (χ0n) is 13.0. The van der Waals surface area contributed by atoms with Crippen LogP contribution in [0.1, 0.15) is 12.2 Å². The van der Waals surface area contributed by atoms with E-state index in [0.717, 1.165) is 47.7 Å². The van der Waals surface area contributed by atoms with Crippen molar-refractivity contribution in [1.82, 2.24) is 23.9 Å². The monoisotopic (exact) mass is 306 g/mol. The highest BCUT2D eigenvalue weighted by atomic mass is 15.1. The number of aromatic nitrogens is 5. The Balaban J connectivity index is 1.60. The molecule has 0 radical (unpaired) electrons. The van der Waals surface area contributed by atoms with Crippen LogP contribution in [-0.2, 0) is 6.54 Å². The number of para-hydroxylation sites is 2. The van der Waals surface area contributed by atoms with Gasteiger partial charge in [-0.3, -0.25) is 4.40 Å². The van der Waals surface area contributed by atoms with Gasteiger partial charge in [0, 0.05) is 25.5 Å². The minimum atomic E-state index is 0.851. The summed E-state index contributed by atoms with van der Waals surface area (Å²) in [5, 5.41) is 3.45. The predicted octanol–water partition coefficient (Wildman–Crippen LogP) is 2.89. The molecule has 6 heteroatoms. The fourth-order valence-corrected chi connectivity index (χ4v) is 2.86. The predicted molar refractivity (Wildman–Crippen MR) is 90.6 cm³/mol. The third-order valence-electron chi connectivity index (χ3n) is 3.98. The Hall–Kier alpha value is -2.89. The summed E-state index contributed by atoms with van der Waals surface area (Å²) in [6.07, 6.45) is 8.51. The van der Waals surface area contributed by atoms with Crippen molar-refractivity contribution in [3.05, 3.63) is 55.0 Å². The van der Waals surface area contributed by atoms with E-state index in [1.807, 2.05) is 43.8 Å². The topological polar surface area (TPSA) is 60.0 Å². The first-order valence-corrected chi connectivity index (χ1v) is 7.75. The molecule has 116 valence electrons. The average molecular weight is 306 g/mol. The number of anilines is 1. The lowest BCUT2D eigenvalue weighted by atomic mass is 10.3. The summed E-state index contributed by atoms with van der Waals surface area (Å²) in [7, 11) is 0. The molecular formula is C17H18N6. The van der Waals surface area contributed by atoms with Crippen molar-refractivity contribution in [2.75, 3.05) is 11.9 Å². The van der Waals surface area contributed by atoms with Crippen molar-refractivity contribution in [3.63, 3.8) is 0 Å². The zero-order chi connectivity index (χ0) is 15.6. The maximum Gasteiger partial charge on any atom is 0.152 e. The van der Waals surface area contributed by atoms with Crippen molar-refractivity contribution in [2.24, 2.45) is 0 Å². The molecule has 0 saturated carbocycles. The number of nitrogens with zero attached hydrogens (tertiary/aromatic N) is 5. The van der Waals surface area contributed by atoms with Crippen molar-refractivity contribution in [3.8, 4) is 0 Å². The van der Waals surface area contributed by atoms with Gasteiger partial charge < -0.3 is 9.88 Å². The molecule has 0 saturated heterocycles. The van der Waals surface area contributed by atoms with Crippen LogP contribution in [-0.4, -0.2) is 30.5 Å². The summed E-state index contributed by atoms with van der Waals surface area (Å²) >= 11 is 0. The Morgan fingerprint density at radius 2 is 2.09 bits per heavy atom. The molecule has 0 unspecified atom stereocenters. The van der Waals surface area contributed by atoms with Crippen LogP contribution in [0, 0.1) is 6.92 Å². The minimum Gasteiger partial charge on any atom is -0.368 e. The van der Waals surface area contributed by atoms with Gasteiger partial charge in [0.05, 0.1) is 23.6 Å². The zero-order valence-corrected chi connectivity index (χ0v) is 13.0. The summed E-state index contributed by atoms with van der Waals surface area (Å²) in [4.78, 5) is 13.3. The minimum absolute atomic E-state index is 0.851. The molecule has 0 aliphatic carbocycles. The number of rotatable bonds is 5. The molecule has 23 heavy (non-hydrogen) atoms. The summed E-state index contributed by atoms with van der Waals surface area (Å²) in [6.45, 7) is 3.81. The smallest absolute Gasteiger partial charge is 0.152 e. The standard InChI is InChI=1S/C17H18N6/c1-13-20-11-16-17(19-7-4-9-22-10-8-18-12-22)21-14-5-2-3-6-15(14)23(13)16/h2-3,5-6,8,10-12H,4,7,9H2,1H3,(H,19,21). The van der Waals surface area contributed by atoms with Gasteiger partial charge in [-0.2, -0.15) is 0 Å². The summed E-state index contributed by atoms with van der Waals surface area (Å²) in [5.41, 5.74) is 3.07. The Kier molecular flexibility index (Phi) is 3.42. The van der Waals surface area contributed by atoms with Crippen molar-refractivity contribution >= 4 is 22.4 Å². The number of hydrogen-bond acceptors (Lipinski definition) is 4. The van der Waals surface area contributed by atoms with Crippen LogP contribution in [0.25, 0.3) is 16.6 Å². The fourth-order valence-electron chi connectivity index (χ4n) is 2.86. The molecule has 3 heterocycles. The van der Waals surface area contributed by atoms with Gasteiger partial charge in [-0.15, -0.1) is 0 Å². The van der Waals surface area contributed by atoms with Crippen LogP contribution in [0.15, 0.2) is 49.2 Å². The molecule has 0 amide bonds. The van der Waals surface area contributed by atoms with Crippen LogP contribution in [0.2, 0.25) is 0 Å². The summed E-state index contributed by atoms with van der Waals surface area (Å²) < 4.78 is 4.23. The Morgan fingerprint density at radius 1 is 1.17 bits per heavy atom. The molecule has 0 aliphatic rings. The number of hydrogen-bond donors (Lipinski definition) is 1. The third kappa shape index (κ3) is 2.52. The Labute approximate surface area is 133 Å². The number of aryl methyl sites for hydroxylation is 2. The van der Waals surface area contributed by atoms with E-state index in [0.29, 0.717) is 0 Å². The summed E-state index contributed by atoms with van der Waals surface area (Å²) in [6, 6.07) is 8.15. The van der Waals surface area contributed by atoms with Gasteiger partial charge in [-0.1, -0.05) is 12.1 Å². The highest BCUT2D eigenvalue weighted by Gasteiger charge is 2.10. The SMILES string of the molecule is Cc1ncc2c(NCCCn3ccnc3)nc3ccccc3n12. The van der Waals surface area contributed by atoms with E-state index in [1.165, 1.54) is 0 Å². The second kappa shape index (κ2) is 5.72. The lowest BCUT2D eigenvalue weighted by Gasteiger charge is -2.11. The van der Waals surface area contributed by atoms with Crippen molar-refractivity contribution in [1.29, 1.82) is 0 Å². The highest BCUT2D eigenvalue weighted by Crippen LogP contribution is 2.22. The van der Waals surface area contributed by atoms with E-state index in [1.54, 1.807) is 6.20 Å². The van der Waals surface area contributed by atoms with Gasteiger partial charge in [0.15, 0.2) is 5.82 Å². The lowest BCUT2D eigenvalue weighted by molar-refractivity contribution is 0.660. The van der Waals surface area contributed by atoms with E-state index >= 15 is 0 Å². The number of imidazole rings is 2. The molecular weight excluding hydrogens is 288 g/mol. The molecule has 1 aromatic carbocycles. The second-order valence-electron chi connectivity index (χ2n) is 5.56. The van der Waals surface area contributed by atoms with Gasteiger partial charge in [0.2, 0.25) is 0 Å². The van der Waals surface area contributed by atoms with E-state index in [-0.39, 0.29) is 0 Å². The Bertz CT molecular complexity index is 938. The van der Waals surface area contributed by atoms with Gasteiger partial charge in [0.1, 0.15) is 11.3 Å². The van der Waals surface area contributed by atoms with Gasteiger partial charge >= 0.3 is 0 Å². The number of fused-ring (bicyclic) bond motifs is 3. The highest BCUT2D eigenvalue weighted by molar-refractivity contribution is 5.84. The molecule has 0 bridgehead atoms. The fraction of sp³-hybridized carbons (Fsp3) is 0.235. The van der Waals surface area contributed by atoms with Crippen LogP contribution >= 0.6 is 0 Å². The first-order chi connectivity index (χ1) is 11.3. The van der Waals surface area contributed by atoms with Crippen LogP contribution in [0.5, 0.6) is 0 Å². The quantitative estimate of drug-likeness (QED) is 0.576. The lowest BCUT2D eigenvalue weighted by Crippen LogP contribution is -2.08. The first-order valence-electron chi connectivity index (χ1n) is 7.75. The molecule has 6 nitrogen and oxygen atoms in total. The largest absolute Gasteiger partial charge is 0.368 e. The van der Waals surface area contributed by atoms with E-state index < -0.39 is 0 Å². The maximum atomic E-state index is 4.76. The maximum absolute atomic E-state index is 4.76. The van der Waals surface area contributed by atoms with Crippen LogP contribution < -0.4 is 5.32 Å². The Morgan fingerprint density at radius 3 is 2.96 bits per heavy atom. The third-order valence-corrected chi connectivity index (χ3v) is 3.98. The average Bonchev–Trinajstić information content (AvgIpc) is 3.22. The first kappa shape index (κ1) is 13.8. The molecule has 3 aromatic heterocycles. The molecule has 0 aliphatic heterocycles. The summed E-state index contributed by atoms with van der Waals surface area (Å²) in [5.74, 6) is 1.86. The van der Waals surface area contributed by atoms with Crippen LogP contribution in [0.3, 0.4) is 0 Å². The van der Waals surface area contributed by atoms with Crippen molar-refractivity contribution < 1.29 is 0 Å². The molecule has 4 rings (SSSR count). The van der Waals surface area contributed by atoms with Gasteiger partial charge in [0.25, 0.3) is 0 Å². The number of benzene rings is 1. The molecule has 0 fully saturated rings. The van der Waals surface area contributed by atoms with E-state index in [9.17, 15) is 0 Å². The molecule has 0 atom stereocenters. The molecule has 1 N–H and O–H groups in total. The van der Waals surface area contributed by atoms with E-state index in [2.05, 4.69) is 30.3 Å². The molecule has 0 spiro atoms. The number of nitrogens with one attached hydrogen (secondary N) is 1. The van der Waals surface area contributed by atoms with Crippen LogP contribution in [0.4, 0.5) is 5.82 Å². The van der Waals surface area contributed by atoms with Crippen molar-refractivity contribution in [2.45, 2.75) is 19.9 Å². The van der Waals surface area contributed by atoms with E-state index in [4.69, 9.17) is 4.98 Å². The normalized spacial score (nSPS) is 11.3. The molecule has 4 aromatic rings.